The van der Waals surface area contributed by atoms with E-state index in [0.717, 1.165) is 37.9 Å². The number of rotatable bonds is 4. The maximum absolute atomic E-state index is 12.3. The van der Waals surface area contributed by atoms with E-state index < -0.39 is 23.8 Å². The van der Waals surface area contributed by atoms with Crippen molar-refractivity contribution in [2.75, 3.05) is 13.1 Å². The van der Waals surface area contributed by atoms with Gasteiger partial charge in [-0.1, -0.05) is 17.7 Å². The zero-order valence-corrected chi connectivity index (χ0v) is 16.4. The lowest BCUT2D eigenvalue weighted by Crippen LogP contribution is -2.40. The van der Waals surface area contributed by atoms with E-state index in [2.05, 4.69) is 17.6 Å². The summed E-state index contributed by atoms with van der Waals surface area (Å²) in [5.41, 5.74) is 2.06. The SMILES string of the molecule is CC1=NC(N2CCCCC2)=C(C(=O)O)C(c2ccc(C)cc2S)C1C(=O)O. The van der Waals surface area contributed by atoms with Crippen molar-refractivity contribution >= 4 is 30.3 Å². The van der Waals surface area contributed by atoms with Gasteiger partial charge in [-0.3, -0.25) is 4.79 Å². The van der Waals surface area contributed by atoms with Gasteiger partial charge in [-0.15, -0.1) is 12.6 Å². The van der Waals surface area contributed by atoms with Crippen molar-refractivity contribution in [3.05, 3.63) is 40.7 Å². The molecule has 0 radical (unpaired) electrons. The molecular formula is C20H24N2O4S. The number of nitrogens with zero attached hydrogens (tertiary/aromatic N) is 2. The highest BCUT2D eigenvalue weighted by atomic mass is 32.1. The average molecular weight is 388 g/mol. The first kappa shape index (κ1) is 19.5. The summed E-state index contributed by atoms with van der Waals surface area (Å²) < 4.78 is 0. The van der Waals surface area contributed by atoms with Gasteiger partial charge in [0, 0.05) is 29.6 Å². The fraction of sp³-hybridized carbons (Fsp3) is 0.450. The third-order valence-corrected chi connectivity index (χ3v) is 5.68. The minimum absolute atomic E-state index is 0.0500. The smallest absolute Gasteiger partial charge is 0.336 e. The standard InChI is InChI=1S/C20H24N2O4S/c1-11-6-7-13(14(27)10-11)16-15(19(23)24)12(2)21-18(17(16)20(25)26)22-8-4-3-5-9-22/h6-7,10,15-16,27H,3-5,8-9H2,1-2H3,(H,23,24)(H,25,26). The molecule has 2 aliphatic heterocycles. The highest BCUT2D eigenvalue weighted by molar-refractivity contribution is 7.80. The third kappa shape index (κ3) is 3.74. The monoisotopic (exact) mass is 388 g/mol. The molecule has 7 heteroatoms. The Hall–Kier alpha value is -2.28. The Morgan fingerprint density at radius 2 is 1.81 bits per heavy atom. The van der Waals surface area contributed by atoms with Gasteiger partial charge in [0.2, 0.25) is 0 Å². The molecule has 144 valence electrons. The van der Waals surface area contributed by atoms with Crippen LogP contribution < -0.4 is 0 Å². The molecule has 1 aromatic rings. The molecule has 0 bridgehead atoms. The first-order valence-electron chi connectivity index (χ1n) is 9.11. The molecule has 3 rings (SSSR count). The summed E-state index contributed by atoms with van der Waals surface area (Å²) in [6.45, 7) is 5.05. The van der Waals surface area contributed by atoms with Gasteiger partial charge in [0.25, 0.3) is 0 Å². The summed E-state index contributed by atoms with van der Waals surface area (Å²) in [7, 11) is 0. The Labute approximate surface area is 164 Å². The molecule has 1 saturated heterocycles. The van der Waals surface area contributed by atoms with Crippen molar-refractivity contribution in [2.45, 2.75) is 43.9 Å². The summed E-state index contributed by atoms with van der Waals surface area (Å²) in [5, 5.41) is 19.9. The van der Waals surface area contributed by atoms with Crippen LogP contribution in [0.3, 0.4) is 0 Å². The number of aryl methyl sites for hydroxylation is 1. The maximum atomic E-state index is 12.3. The predicted molar refractivity (Wildman–Crippen MR) is 105 cm³/mol. The lowest BCUT2D eigenvalue weighted by molar-refractivity contribution is -0.140. The van der Waals surface area contributed by atoms with Crippen LogP contribution in [0.4, 0.5) is 0 Å². The van der Waals surface area contributed by atoms with E-state index in [1.54, 1.807) is 13.0 Å². The molecule has 6 nitrogen and oxygen atoms in total. The average Bonchev–Trinajstić information content (AvgIpc) is 2.61. The van der Waals surface area contributed by atoms with Gasteiger partial charge < -0.3 is 15.1 Å². The highest BCUT2D eigenvalue weighted by Gasteiger charge is 2.43. The van der Waals surface area contributed by atoms with Crippen LogP contribution in [0, 0.1) is 12.8 Å². The van der Waals surface area contributed by atoms with E-state index in [1.807, 2.05) is 24.0 Å². The van der Waals surface area contributed by atoms with Crippen LogP contribution in [0.15, 0.2) is 39.5 Å². The largest absolute Gasteiger partial charge is 0.481 e. The van der Waals surface area contributed by atoms with E-state index in [9.17, 15) is 19.8 Å². The van der Waals surface area contributed by atoms with Gasteiger partial charge in [-0.2, -0.15) is 0 Å². The number of carboxylic acid groups (broad SMARTS) is 2. The number of carboxylic acids is 2. The Balaban J connectivity index is 2.23. The van der Waals surface area contributed by atoms with Crippen LogP contribution in [0.2, 0.25) is 0 Å². The van der Waals surface area contributed by atoms with Gasteiger partial charge in [0.05, 0.1) is 5.57 Å². The van der Waals surface area contributed by atoms with Gasteiger partial charge in [0.15, 0.2) is 0 Å². The summed E-state index contributed by atoms with van der Waals surface area (Å²) >= 11 is 4.52. The molecule has 0 spiro atoms. The van der Waals surface area contributed by atoms with E-state index in [-0.39, 0.29) is 5.57 Å². The lowest BCUT2D eigenvalue weighted by atomic mass is 9.76. The molecule has 27 heavy (non-hydrogen) atoms. The van der Waals surface area contributed by atoms with Crippen LogP contribution in [-0.2, 0) is 9.59 Å². The van der Waals surface area contributed by atoms with Crippen molar-refractivity contribution in [1.29, 1.82) is 0 Å². The number of piperidine rings is 1. The van der Waals surface area contributed by atoms with Crippen molar-refractivity contribution in [3.8, 4) is 0 Å². The fourth-order valence-corrected chi connectivity index (χ4v) is 4.41. The Morgan fingerprint density at radius 1 is 1.15 bits per heavy atom. The minimum atomic E-state index is -1.13. The summed E-state index contributed by atoms with van der Waals surface area (Å²) in [5.74, 6) is -3.67. The number of benzene rings is 1. The van der Waals surface area contributed by atoms with Crippen molar-refractivity contribution in [2.24, 2.45) is 10.9 Å². The summed E-state index contributed by atoms with van der Waals surface area (Å²) in [4.78, 5) is 31.4. The number of thiol groups is 1. The molecule has 0 aliphatic carbocycles. The highest BCUT2D eigenvalue weighted by Crippen LogP contribution is 2.42. The fourth-order valence-electron chi connectivity index (χ4n) is 3.99. The van der Waals surface area contributed by atoms with E-state index in [4.69, 9.17) is 0 Å². The molecule has 1 aromatic carbocycles. The van der Waals surface area contributed by atoms with E-state index in [0.29, 0.717) is 22.0 Å². The Bertz CT molecular complexity index is 840. The second kappa shape index (κ2) is 7.76. The van der Waals surface area contributed by atoms with E-state index in [1.165, 1.54) is 0 Å². The van der Waals surface area contributed by atoms with Crippen LogP contribution in [0.25, 0.3) is 0 Å². The van der Waals surface area contributed by atoms with Crippen molar-refractivity contribution in [1.82, 2.24) is 4.90 Å². The topological polar surface area (TPSA) is 90.2 Å². The zero-order chi connectivity index (χ0) is 19.7. The van der Waals surface area contributed by atoms with Crippen LogP contribution >= 0.6 is 12.6 Å². The van der Waals surface area contributed by atoms with Gasteiger partial charge >= 0.3 is 11.9 Å². The zero-order valence-electron chi connectivity index (χ0n) is 15.5. The number of hydrogen-bond donors (Lipinski definition) is 3. The van der Waals surface area contributed by atoms with Crippen molar-refractivity contribution < 1.29 is 19.8 Å². The van der Waals surface area contributed by atoms with Crippen LogP contribution in [0.1, 0.15) is 43.2 Å². The third-order valence-electron chi connectivity index (χ3n) is 5.29. The summed E-state index contributed by atoms with van der Waals surface area (Å²) in [6.07, 6.45) is 3.05. The minimum Gasteiger partial charge on any atom is -0.481 e. The van der Waals surface area contributed by atoms with Gasteiger partial charge in [0.1, 0.15) is 11.7 Å². The second-order valence-electron chi connectivity index (χ2n) is 7.20. The molecule has 0 saturated carbocycles. The first-order valence-corrected chi connectivity index (χ1v) is 9.56. The quantitative estimate of drug-likeness (QED) is 0.689. The van der Waals surface area contributed by atoms with Gasteiger partial charge in [-0.05, 0) is 44.7 Å². The number of aliphatic imine (C=N–C) groups is 1. The number of likely N-dealkylation sites (tertiary alicyclic amines) is 1. The summed E-state index contributed by atoms with van der Waals surface area (Å²) in [6, 6.07) is 5.47. The molecule has 0 amide bonds. The Kier molecular flexibility index (Phi) is 5.60. The van der Waals surface area contributed by atoms with Crippen LogP contribution in [0.5, 0.6) is 0 Å². The number of hydrogen-bond acceptors (Lipinski definition) is 5. The maximum Gasteiger partial charge on any atom is 0.336 e. The molecule has 2 N–H and O–H groups in total. The molecule has 2 heterocycles. The number of carbonyl (C=O) groups is 2. The molecule has 2 atom stereocenters. The Morgan fingerprint density at radius 3 is 2.37 bits per heavy atom. The predicted octanol–water partition coefficient (Wildman–Crippen LogP) is 3.32. The molecule has 2 aliphatic rings. The van der Waals surface area contributed by atoms with Crippen LogP contribution in [-0.4, -0.2) is 45.9 Å². The molecule has 0 aromatic heterocycles. The normalized spacial score (nSPS) is 23.2. The molecular weight excluding hydrogens is 364 g/mol. The van der Waals surface area contributed by atoms with Crippen molar-refractivity contribution in [3.63, 3.8) is 0 Å². The second-order valence-corrected chi connectivity index (χ2v) is 7.68. The van der Waals surface area contributed by atoms with E-state index >= 15 is 0 Å². The van der Waals surface area contributed by atoms with Gasteiger partial charge in [-0.25, -0.2) is 9.79 Å². The molecule has 2 unspecified atom stereocenters. The number of aliphatic carboxylic acids is 2. The lowest BCUT2D eigenvalue weighted by Gasteiger charge is -2.36. The molecule has 1 fully saturated rings. The first-order chi connectivity index (χ1) is 12.8.